The summed E-state index contributed by atoms with van der Waals surface area (Å²) < 4.78 is 7.76. The van der Waals surface area contributed by atoms with Gasteiger partial charge in [0.25, 0.3) is 11.5 Å². The lowest BCUT2D eigenvalue weighted by Gasteiger charge is -2.13. The molecule has 0 radical (unpaired) electrons. The summed E-state index contributed by atoms with van der Waals surface area (Å²) in [5.74, 6) is 1.16. The zero-order valence-corrected chi connectivity index (χ0v) is 18.8. The molecule has 3 heterocycles. The summed E-state index contributed by atoms with van der Waals surface area (Å²) in [6, 6.07) is 15.6. The van der Waals surface area contributed by atoms with Crippen LogP contribution in [0.5, 0.6) is 5.75 Å². The first kappa shape index (κ1) is 20.5. The number of hydrogen-bond acceptors (Lipinski definition) is 5. The number of anilines is 1. The van der Waals surface area contributed by atoms with Gasteiger partial charge in [0.2, 0.25) is 0 Å². The molecule has 162 valence electrons. The van der Waals surface area contributed by atoms with Crippen molar-refractivity contribution in [1.29, 1.82) is 0 Å². The van der Waals surface area contributed by atoms with Crippen molar-refractivity contribution in [3.63, 3.8) is 0 Å². The highest BCUT2D eigenvalue weighted by Gasteiger charge is 2.23. The van der Waals surface area contributed by atoms with Crippen LogP contribution in [0.25, 0.3) is 10.2 Å². The highest BCUT2D eigenvalue weighted by Crippen LogP contribution is 2.31. The number of fused-ring (bicyclic) bond motifs is 2. The van der Waals surface area contributed by atoms with Gasteiger partial charge < -0.3 is 10.1 Å². The third-order valence-electron chi connectivity index (χ3n) is 5.74. The lowest BCUT2D eigenvalue weighted by Crippen LogP contribution is -2.20. The zero-order valence-electron chi connectivity index (χ0n) is 18.0. The van der Waals surface area contributed by atoms with Crippen molar-refractivity contribution in [2.75, 3.05) is 5.32 Å². The van der Waals surface area contributed by atoms with E-state index in [4.69, 9.17) is 4.74 Å². The maximum Gasteiger partial charge on any atom is 0.266 e. The van der Waals surface area contributed by atoms with Gasteiger partial charge in [-0.1, -0.05) is 36.4 Å². The van der Waals surface area contributed by atoms with Crippen molar-refractivity contribution in [2.24, 2.45) is 0 Å². The fourth-order valence-electron chi connectivity index (χ4n) is 4.06. The van der Waals surface area contributed by atoms with Crippen LogP contribution in [0, 0.1) is 13.8 Å². The number of nitrogens with zero attached hydrogens (tertiary/aromatic N) is 2. The molecule has 6 nitrogen and oxygen atoms in total. The SMILES string of the molecule is Cc1ccc(NC(=O)c2sc3nc4n(c(=O)c3c2C)CCC4)c(OCc2ccccc2)c1. The Balaban J connectivity index is 1.44. The zero-order chi connectivity index (χ0) is 22.2. The van der Waals surface area contributed by atoms with E-state index in [1.807, 2.05) is 62.4 Å². The first-order chi connectivity index (χ1) is 15.5. The Bertz CT molecular complexity index is 1390. The quantitative estimate of drug-likeness (QED) is 0.477. The Morgan fingerprint density at radius 3 is 2.81 bits per heavy atom. The van der Waals surface area contributed by atoms with Gasteiger partial charge in [0.1, 0.15) is 23.0 Å². The number of aromatic nitrogens is 2. The third-order valence-corrected chi connectivity index (χ3v) is 6.92. The molecule has 0 saturated heterocycles. The molecule has 7 heteroatoms. The van der Waals surface area contributed by atoms with E-state index in [0.717, 1.165) is 29.8 Å². The maximum absolute atomic E-state index is 13.2. The highest BCUT2D eigenvalue weighted by atomic mass is 32.1. The molecule has 2 aromatic heterocycles. The van der Waals surface area contributed by atoms with Crippen LogP contribution >= 0.6 is 11.3 Å². The van der Waals surface area contributed by atoms with Gasteiger partial charge in [-0.2, -0.15) is 0 Å². The first-order valence-corrected chi connectivity index (χ1v) is 11.4. The number of nitrogens with one attached hydrogen (secondary N) is 1. The molecule has 0 fully saturated rings. The van der Waals surface area contributed by atoms with E-state index in [1.165, 1.54) is 11.3 Å². The van der Waals surface area contributed by atoms with E-state index in [9.17, 15) is 9.59 Å². The normalized spacial score (nSPS) is 12.7. The number of aryl methyl sites for hydroxylation is 3. The van der Waals surface area contributed by atoms with E-state index in [2.05, 4.69) is 10.3 Å². The Kier molecular flexibility index (Phi) is 5.27. The van der Waals surface area contributed by atoms with Crippen LogP contribution in [0.1, 0.15) is 38.6 Å². The number of carbonyl (C=O) groups excluding carboxylic acids is 1. The van der Waals surface area contributed by atoms with Gasteiger partial charge in [-0.15, -0.1) is 11.3 Å². The average molecular weight is 446 g/mol. The van der Waals surface area contributed by atoms with Crippen LogP contribution in [-0.4, -0.2) is 15.5 Å². The molecule has 2 aromatic carbocycles. The number of amides is 1. The van der Waals surface area contributed by atoms with Gasteiger partial charge in [-0.25, -0.2) is 4.98 Å². The molecule has 0 spiro atoms. The van der Waals surface area contributed by atoms with Gasteiger partial charge >= 0.3 is 0 Å². The molecular formula is C25H23N3O3S. The van der Waals surface area contributed by atoms with Gasteiger partial charge in [-0.05, 0) is 49.1 Å². The van der Waals surface area contributed by atoms with E-state index >= 15 is 0 Å². The van der Waals surface area contributed by atoms with Crippen LogP contribution in [0.3, 0.4) is 0 Å². The number of rotatable bonds is 5. The van der Waals surface area contributed by atoms with Crippen molar-refractivity contribution in [1.82, 2.24) is 9.55 Å². The number of thiophene rings is 1. The summed E-state index contributed by atoms with van der Waals surface area (Å²) >= 11 is 1.27. The van der Waals surface area contributed by atoms with Crippen molar-refractivity contribution in [3.8, 4) is 5.75 Å². The van der Waals surface area contributed by atoms with E-state index in [-0.39, 0.29) is 11.5 Å². The van der Waals surface area contributed by atoms with E-state index in [0.29, 0.717) is 45.2 Å². The topological polar surface area (TPSA) is 73.2 Å². The van der Waals surface area contributed by atoms with Crippen LogP contribution in [0.2, 0.25) is 0 Å². The molecule has 5 rings (SSSR count). The maximum atomic E-state index is 13.2. The summed E-state index contributed by atoms with van der Waals surface area (Å²) in [5.41, 5.74) is 3.32. The molecule has 0 bridgehead atoms. The van der Waals surface area contributed by atoms with Gasteiger partial charge in [0, 0.05) is 13.0 Å². The molecule has 0 saturated carbocycles. The Hall–Kier alpha value is -3.45. The van der Waals surface area contributed by atoms with Crippen molar-refractivity contribution in [2.45, 2.75) is 39.8 Å². The van der Waals surface area contributed by atoms with Crippen LogP contribution in [-0.2, 0) is 19.6 Å². The van der Waals surface area contributed by atoms with Gasteiger partial charge in [0.05, 0.1) is 16.0 Å². The lowest BCUT2D eigenvalue weighted by molar-refractivity contribution is 0.102. The minimum atomic E-state index is -0.261. The number of carbonyl (C=O) groups is 1. The summed E-state index contributed by atoms with van der Waals surface area (Å²) in [6.45, 7) is 4.90. The Morgan fingerprint density at radius 2 is 2.00 bits per heavy atom. The Labute approximate surface area is 189 Å². The molecule has 0 atom stereocenters. The van der Waals surface area contributed by atoms with Crippen molar-refractivity contribution >= 4 is 33.1 Å². The molecule has 1 aliphatic rings. The molecule has 1 N–H and O–H groups in total. The number of ether oxygens (including phenoxy) is 1. The third kappa shape index (κ3) is 3.69. The summed E-state index contributed by atoms with van der Waals surface area (Å²) in [4.78, 5) is 31.9. The molecule has 4 aromatic rings. The van der Waals surface area contributed by atoms with Crippen LogP contribution < -0.4 is 15.6 Å². The average Bonchev–Trinajstić information content (AvgIpc) is 3.39. The fraction of sp³-hybridized carbons (Fsp3) is 0.240. The van der Waals surface area contributed by atoms with E-state index < -0.39 is 0 Å². The molecule has 1 aliphatic heterocycles. The second-order valence-electron chi connectivity index (χ2n) is 8.05. The van der Waals surface area contributed by atoms with Crippen LogP contribution in [0.15, 0.2) is 53.3 Å². The lowest BCUT2D eigenvalue weighted by atomic mass is 10.2. The molecule has 0 aliphatic carbocycles. The monoisotopic (exact) mass is 445 g/mol. The predicted molar refractivity (Wildman–Crippen MR) is 127 cm³/mol. The largest absolute Gasteiger partial charge is 0.487 e. The highest BCUT2D eigenvalue weighted by molar-refractivity contribution is 7.20. The molecule has 1 amide bonds. The molecule has 32 heavy (non-hydrogen) atoms. The summed E-state index contributed by atoms with van der Waals surface area (Å²) in [7, 11) is 0. The van der Waals surface area contributed by atoms with Crippen molar-refractivity contribution < 1.29 is 9.53 Å². The summed E-state index contributed by atoms with van der Waals surface area (Å²) in [6.07, 6.45) is 1.74. The smallest absolute Gasteiger partial charge is 0.266 e. The predicted octanol–water partition coefficient (Wildman–Crippen LogP) is 4.85. The number of hydrogen-bond donors (Lipinski definition) is 1. The molecule has 0 unspecified atom stereocenters. The standard InChI is InChI=1S/C25H23N3O3S/c1-15-10-11-18(19(13-15)31-14-17-7-4-3-5-8-17)26-23(29)22-16(2)21-24(32-22)27-20-9-6-12-28(20)25(21)30/h3-5,7-8,10-11,13H,6,9,12,14H2,1-2H3,(H,26,29). The minimum absolute atomic E-state index is 0.0440. The minimum Gasteiger partial charge on any atom is -0.487 e. The van der Waals surface area contributed by atoms with Gasteiger partial charge in [-0.3, -0.25) is 14.2 Å². The molecular weight excluding hydrogens is 422 g/mol. The van der Waals surface area contributed by atoms with Crippen molar-refractivity contribution in [3.05, 3.63) is 86.3 Å². The van der Waals surface area contributed by atoms with E-state index in [1.54, 1.807) is 4.57 Å². The fourth-order valence-corrected chi connectivity index (χ4v) is 5.14. The Morgan fingerprint density at radius 1 is 1.19 bits per heavy atom. The number of benzene rings is 2. The summed E-state index contributed by atoms with van der Waals surface area (Å²) in [5, 5.41) is 3.53. The second kappa shape index (κ2) is 8.24. The first-order valence-electron chi connectivity index (χ1n) is 10.6. The van der Waals surface area contributed by atoms with Crippen LogP contribution in [0.4, 0.5) is 5.69 Å². The van der Waals surface area contributed by atoms with Gasteiger partial charge in [0.15, 0.2) is 0 Å². The second-order valence-corrected chi connectivity index (χ2v) is 9.05.